The molecule has 0 spiro atoms. The summed E-state index contributed by atoms with van der Waals surface area (Å²) >= 11 is 6.26. The van der Waals surface area contributed by atoms with Crippen LogP contribution in [0, 0.1) is 17.8 Å². The van der Waals surface area contributed by atoms with E-state index in [-0.39, 0.29) is 18.2 Å². The van der Waals surface area contributed by atoms with Gasteiger partial charge in [0.25, 0.3) is 0 Å². The molecular formula is C19H26ClNO3. The predicted molar refractivity (Wildman–Crippen MR) is 92.9 cm³/mol. The maximum atomic E-state index is 6.36. The molecule has 3 heterocycles. The molecule has 1 aromatic carbocycles. The number of hydrogen-bond acceptors (Lipinski definition) is 4. The minimum atomic E-state index is -0.221. The molecule has 0 aromatic heterocycles. The summed E-state index contributed by atoms with van der Waals surface area (Å²) in [6.45, 7) is 5.35. The van der Waals surface area contributed by atoms with Crippen LogP contribution in [0.5, 0.6) is 0 Å². The van der Waals surface area contributed by atoms with Crippen LogP contribution in [-0.4, -0.2) is 37.9 Å². The summed E-state index contributed by atoms with van der Waals surface area (Å²) in [5.74, 6) is 1.30. The Bertz CT molecular complexity index is 612. The summed E-state index contributed by atoms with van der Waals surface area (Å²) in [5.41, 5.74) is 0.966. The number of halogens is 1. The fourth-order valence-electron chi connectivity index (χ4n) is 4.98. The average molecular weight is 352 g/mol. The van der Waals surface area contributed by atoms with E-state index in [0.29, 0.717) is 23.8 Å². The lowest BCUT2D eigenvalue weighted by Gasteiger charge is -2.55. The van der Waals surface area contributed by atoms with Gasteiger partial charge in [-0.15, -0.1) is 0 Å². The molecule has 5 heteroatoms. The van der Waals surface area contributed by atoms with E-state index in [1.54, 1.807) is 7.11 Å². The van der Waals surface area contributed by atoms with Crippen LogP contribution in [0.2, 0.25) is 5.02 Å². The number of hydrogen-bond donors (Lipinski definition) is 1. The molecule has 1 aromatic rings. The van der Waals surface area contributed by atoms with Gasteiger partial charge in [-0.05, 0) is 43.9 Å². The Hall–Kier alpha value is -0.650. The minimum Gasteiger partial charge on any atom is -0.355 e. The first-order chi connectivity index (χ1) is 11.5. The molecule has 4 bridgehead atoms. The Labute approximate surface area is 148 Å². The zero-order chi connectivity index (χ0) is 16.9. The first-order valence-corrected chi connectivity index (χ1v) is 9.25. The molecular weight excluding hydrogens is 326 g/mol. The SMILES string of the molecule is CO[C@H]1O[C@@H]2O[C@]3(C)[C@H]1[C@@H](C[C@@H]3NCCc1ccccc1Cl)[C@@H]2C. The molecule has 1 N–H and O–H groups in total. The lowest BCUT2D eigenvalue weighted by Crippen LogP contribution is -2.65. The number of methoxy groups -OCH3 is 1. The van der Waals surface area contributed by atoms with Gasteiger partial charge in [0, 0.05) is 30.0 Å². The van der Waals surface area contributed by atoms with Crippen molar-refractivity contribution in [3.63, 3.8) is 0 Å². The highest BCUT2D eigenvalue weighted by atomic mass is 35.5. The summed E-state index contributed by atoms with van der Waals surface area (Å²) in [6.07, 6.45) is 1.74. The van der Waals surface area contributed by atoms with Crippen molar-refractivity contribution in [3.8, 4) is 0 Å². The molecule has 3 saturated heterocycles. The number of benzene rings is 1. The first kappa shape index (κ1) is 16.8. The third-order valence-electron chi connectivity index (χ3n) is 6.33. The van der Waals surface area contributed by atoms with Gasteiger partial charge < -0.3 is 19.5 Å². The van der Waals surface area contributed by atoms with Crippen LogP contribution in [0.15, 0.2) is 24.3 Å². The molecule has 0 radical (unpaired) electrons. The third kappa shape index (κ3) is 2.51. The lowest BCUT2D eigenvalue weighted by molar-refractivity contribution is -0.401. The van der Waals surface area contributed by atoms with Crippen molar-refractivity contribution in [2.75, 3.05) is 13.7 Å². The molecule has 3 aliphatic heterocycles. The molecule has 0 amide bonds. The van der Waals surface area contributed by atoms with Crippen molar-refractivity contribution in [3.05, 3.63) is 34.9 Å². The van der Waals surface area contributed by atoms with Gasteiger partial charge >= 0.3 is 0 Å². The van der Waals surface area contributed by atoms with E-state index >= 15 is 0 Å². The Morgan fingerprint density at radius 1 is 1.38 bits per heavy atom. The fourth-order valence-corrected chi connectivity index (χ4v) is 5.21. The second-order valence-electron chi connectivity index (χ2n) is 7.54. The van der Waals surface area contributed by atoms with Gasteiger partial charge in [0.15, 0.2) is 12.6 Å². The van der Waals surface area contributed by atoms with Crippen molar-refractivity contribution in [2.45, 2.75) is 50.9 Å². The van der Waals surface area contributed by atoms with Crippen LogP contribution in [0.25, 0.3) is 0 Å². The Kier molecular flexibility index (Phi) is 4.38. The lowest BCUT2D eigenvalue weighted by atomic mass is 9.74. The van der Waals surface area contributed by atoms with Crippen LogP contribution in [-0.2, 0) is 20.6 Å². The second kappa shape index (κ2) is 6.26. The van der Waals surface area contributed by atoms with Crippen LogP contribution in [0.4, 0.5) is 0 Å². The van der Waals surface area contributed by atoms with E-state index in [1.807, 2.05) is 18.2 Å². The summed E-state index contributed by atoms with van der Waals surface area (Å²) in [5, 5.41) is 4.56. The average Bonchev–Trinajstić information content (AvgIpc) is 2.83. The van der Waals surface area contributed by atoms with E-state index in [9.17, 15) is 0 Å². The highest BCUT2D eigenvalue weighted by molar-refractivity contribution is 6.31. The van der Waals surface area contributed by atoms with Crippen molar-refractivity contribution in [2.24, 2.45) is 17.8 Å². The zero-order valence-electron chi connectivity index (χ0n) is 14.5. The normalized spacial score (nSPS) is 43.3. The van der Waals surface area contributed by atoms with Gasteiger partial charge in [-0.2, -0.15) is 0 Å². The maximum Gasteiger partial charge on any atom is 0.166 e. The van der Waals surface area contributed by atoms with Gasteiger partial charge in [0.2, 0.25) is 0 Å². The highest BCUT2D eigenvalue weighted by Gasteiger charge is 2.66. The van der Waals surface area contributed by atoms with E-state index in [0.717, 1.165) is 24.4 Å². The second-order valence-corrected chi connectivity index (χ2v) is 7.95. The summed E-state index contributed by atoms with van der Waals surface area (Å²) in [4.78, 5) is 0. The van der Waals surface area contributed by atoms with Gasteiger partial charge in [0.05, 0.1) is 5.60 Å². The maximum absolute atomic E-state index is 6.36. The topological polar surface area (TPSA) is 39.7 Å². The summed E-state index contributed by atoms with van der Waals surface area (Å²) in [6, 6.07) is 8.37. The van der Waals surface area contributed by atoms with E-state index in [1.165, 1.54) is 5.56 Å². The summed E-state index contributed by atoms with van der Waals surface area (Å²) in [7, 11) is 1.73. The quantitative estimate of drug-likeness (QED) is 0.884. The van der Waals surface area contributed by atoms with Crippen LogP contribution >= 0.6 is 11.6 Å². The van der Waals surface area contributed by atoms with Gasteiger partial charge in [0.1, 0.15) is 0 Å². The number of nitrogens with one attached hydrogen (secondary N) is 1. The first-order valence-electron chi connectivity index (χ1n) is 8.87. The molecule has 0 unspecified atom stereocenters. The van der Waals surface area contributed by atoms with Crippen LogP contribution in [0.1, 0.15) is 25.8 Å². The molecule has 4 nitrogen and oxygen atoms in total. The van der Waals surface area contributed by atoms with Crippen molar-refractivity contribution >= 4 is 11.6 Å². The van der Waals surface area contributed by atoms with E-state index in [2.05, 4.69) is 25.2 Å². The van der Waals surface area contributed by atoms with E-state index in [4.69, 9.17) is 25.8 Å². The standard InChI is InChI=1S/C19H26ClNO3/c1-11-13-10-15(21-9-8-12-6-4-5-7-14(12)20)19(2)16(13)18(22-3)23-17(11)24-19/h4-7,11,13,15-18,21H,8-10H2,1-3H3/t11-,13-,15-,16-,17+,18-,19-/m0/s1. The Morgan fingerprint density at radius 2 is 2.17 bits per heavy atom. The van der Waals surface area contributed by atoms with Crippen molar-refractivity contribution in [1.29, 1.82) is 0 Å². The molecule has 4 fully saturated rings. The smallest absolute Gasteiger partial charge is 0.166 e. The number of rotatable bonds is 5. The number of ether oxygens (including phenoxy) is 3. The van der Waals surface area contributed by atoms with Crippen LogP contribution in [0.3, 0.4) is 0 Å². The largest absolute Gasteiger partial charge is 0.355 e. The number of fused-ring (bicyclic) bond motifs is 1. The van der Waals surface area contributed by atoms with Crippen molar-refractivity contribution in [1.82, 2.24) is 5.32 Å². The van der Waals surface area contributed by atoms with Gasteiger partial charge in [-0.25, -0.2) is 0 Å². The molecule has 24 heavy (non-hydrogen) atoms. The minimum absolute atomic E-state index is 0.148. The molecule has 5 rings (SSSR count). The molecule has 4 aliphatic rings. The van der Waals surface area contributed by atoms with E-state index < -0.39 is 0 Å². The highest BCUT2D eigenvalue weighted by Crippen LogP contribution is 2.58. The van der Waals surface area contributed by atoms with Gasteiger partial charge in [-0.3, -0.25) is 0 Å². The molecule has 1 saturated carbocycles. The molecule has 132 valence electrons. The predicted octanol–water partition coefficient (Wildman–Crippen LogP) is 3.23. The Morgan fingerprint density at radius 3 is 2.92 bits per heavy atom. The van der Waals surface area contributed by atoms with Crippen molar-refractivity contribution < 1.29 is 14.2 Å². The monoisotopic (exact) mass is 351 g/mol. The summed E-state index contributed by atoms with van der Waals surface area (Å²) < 4.78 is 17.9. The van der Waals surface area contributed by atoms with Crippen LogP contribution < -0.4 is 5.32 Å². The molecule has 7 atom stereocenters. The Balaban J connectivity index is 1.45. The third-order valence-corrected chi connectivity index (χ3v) is 6.70. The zero-order valence-corrected chi connectivity index (χ0v) is 15.3. The molecule has 1 aliphatic carbocycles. The fraction of sp³-hybridized carbons (Fsp3) is 0.684. The van der Waals surface area contributed by atoms with Gasteiger partial charge in [-0.1, -0.05) is 36.7 Å².